The Balaban J connectivity index is 2.38. The fourth-order valence-corrected chi connectivity index (χ4v) is 2.47. The molecule has 2 nitrogen and oxygen atoms in total. The standard InChI is InChI=1S/C14H21NO/c1-4-5-13-12(7-6-11(2)15-13)14(3)8-9-16-10-14/h6-7H,4-5,8-10H2,1-3H3/t14-/m0/s1. The number of aryl methyl sites for hydroxylation is 2. The number of ether oxygens (including phenoxy) is 1. The van der Waals surface area contributed by atoms with E-state index in [-0.39, 0.29) is 5.41 Å². The second-order valence-electron chi connectivity index (χ2n) is 5.06. The van der Waals surface area contributed by atoms with Crippen molar-refractivity contribution >= 4 is 0 Å². The molecule has 2 rings (SSSR count). The van der Waals surface area contributed by atoms with E-state index in [1.807, 2.05) is 0 Å². The summed E-state index contributed by atoms with van der Waals surface area (Å²) >= 11 is 0. The molecule has 0 amide bonds. The van der Waals surface area contributed by atoms with Gasteiger partial charge in [0.05, 0.1) is 6.61 Å². The molecule has 0 saturated carbocycles. The molecular weight excluding hydrogens is 198 g/mol. The van der Waals surface area contributed by atoms with Crippen molar-refractivity contribution in [2.24, 2.45) is 0 Å². The van der Waals surface area contributed by atoms with Crippen LogP contribution < -0.4 is 0 Å². The van der Waals surface area contributed by atoms with Gasteiger partial charge in [-0.2, -0.15) is 0 Å². The lowest BCUT2D eigenvalue weighted by Gasteiger charge is -2.25. The lowest BCUT2D eigenvalue weighted by Crippen LogP contribution is -2.24. The molecule has 1 aliphatic heterocycles. The predicted octanol–water partition coefficient (Wildman–Crippen LogP) is 3.02. The number of hydrogen-bond donors (Lipinski definition) is 0. The van der Waals surface area contributed by atoms with Crippen LogP contribution in [0.25, 0.3) is 0 Å². The third kappa shape index (κ3) is 2.12. The van der Waals surface area contributed by atoms with Crippen LogP contribution in [0, 0.1) is 6.92 Å². The van der Waals surface area contributed by atoms with Gasteiger partial charge in [0, 0.05) is 23.4 Å². The average Bonchev–Trinajstić information content (AvgIpc) is 2.66. The van der Waals surface area contributed by atoms with E-state index in [4.69, 9.17) is 9.72 Å². The van der Waals surface area contributed by atoms with Crippen LogP contribution in [-0.4, -0.2) is 18.2 Å². The highest BCUT2D eigenvalue weighted by Gasteiger charge is 2.33. The minimum atomic E-state index is 0.186. The van der Waals surface area contributed by atoms with Crippen molar-refractivity contribution in [3.8, 4) is 0 Å². The zero-order valence-corrected chi connectivity index (χ0v) is 10.5. The number of pyridine rings is 1. The van der Waals surface area contributed by atoms with Crippen LogP contribution in [0.2, 0.25) is 0 Å². The Morgan fingerprint density at radius 2 is 2.25 bits per heavy atom. The molecule has 0 spiro atoms. The molecule has 1 atom stereocenters. The Kier molecular flexibility index (Phi) is 3.29. The van der Waals surface area contributed by atoms with Gasteiger partial charge in [0.2, 0.25) is 0 Å². The monoisotopic (exact) mass is 219 g/mol. The van der Waals surface area contributed by atoms with Crippen LogP contribution in [0.3, 0.4) is 0 Å². The third-order valence-electron chi connectivity index (χ3n) is 3.47. The Labute approximate surface area is 98.0 Å². The molecule has 0 aromatic carbocycles. The van der Waals surface area contributed by atoms with E-state index in [1.54, 1.807) is 0 Å². The van der Waals surface area contributed by atoms with Crippen molar-refractivity contribution in [1.29, 1.82) is 0 Å². The summed E-state index contributed by atoms with van der Waals surface area (Å²) in [6.45, 7) is 8.30. The van der Waals surface area contributed by atoms with Crippen LogP contribution in [-0.2, 0) is 16.6 Å². The normalized spacial score (nSPS) is 24.9. The molecule has 0 N–H and O–H groups in total. The van der Waals surface area contributed by atoms with Crippen molar-refractivity contribution in [3.63, 3.8) is 0 Å². The first kappa shape index (κ1) is 11.6. The maximum absolute atomic E-state index is 5.55. The van der Waals surface area contributed by atoms with Crippen molar-refractivity contribution in [2.75, 3.05) is 13.2 Å². The Bertz CT molecular complexity index is 367. The fraction of sp³-hybridized carbons (Fsp3) is 0.643. The lowest BCUT2D eigenvalue weighted by molar-refractivity contribution is 0.180. The van der Waals surface area contributed by atoms with Gasteiger partial charge in [-0.25, -0.2) is 0 Å². The smallest absolute Gasteiger partial charge is 0.0561 e. The van der Waals surface area contributed by atoms with Crippen molar-refractivity contribution in [2.45, 2.75) is 45.4 Å². The average molecular weight is 219 g/mol. The molecule has 1 aliphatic rings. The Hall–Kier alpha value is -0.890. The van der Waals surface area contributed by atoms with Gasteiger partial charge in [-0.3, -0.25) is 4.98 Å². The predicted molar refractivity (Wildman–Crippen MR) is 65.8 cm³/mol. The largest absolute Gasteiger partial charge is 0.380 e. The zero-order chi connectivity index (χ0) is 11.6. The first-order valence-corrected chi connectivity index (χ1v) is 6.20. The van der Waals surface area contributed by atoms with Crippen LogP contribution in [0.4, 0.5) is 0 Å². The van der Waals surface area contributed by atoms with Crippen LogP contribution >= 0.6 is 0 Å². The Morgan fingerprint density at radius 3 is 2.88 bits per heavy atom. The molecule has 1 aromatic rings. The second kappa shape index (κ2) is 4.54. The van der Waals surface area contributed by atoms with E-state index >= 15 is 0 Å². The molecule has 2 heteroatoms. The summed E-state index contributed by atoms with van der Waals surface area (Å²) in [6, 6.07) is 4.38. The van der Waals surface area contributed by atoms with Crippen molar-refractivity contribution in [3.05, 3.63) is 29.1 Å². The molecular formula is C14H21NO. The van der Waals surface area contributed by atoms with Gasteiger partial charge in [0.15, 0.2) is 0 Å². The molecule has 1 fully saturated rings. The molecule has 0 aliphatic carbocycles. The maximum Gasteiger partial charge on any atom is 0.0561 e. The highest BCUT2D eigenvalue weighted by molar-refractivity contribution is 5.31. The molecule has 0 radical (unpaired) electrons. The van der Waals surface area contributed by atoms with Crippen LogP contribution in [0.15, 0.2) is 12.1 Å². The summed E-state index contributed by atoms with van der Waals surface area (Å²) in [7, 11) is 0. The van der Waals surface area contributed by atoms with Gasteiger partial charge in [0.1, 0.15) is 0 Å². The topological polar surface area (TPSA) is 22.1 Å². The van der Waals surface area contributed by atoms with E-state index in [9.17, 15) is 0 Å². The van der Waals surface area contributed by atoms with E-state index < -0.39 is 0 Å². The first-order chi connectivity index (χ1) is 7.65. The molecule has 1 saturated heterocycles. The number of nitrogens with zero attached hydrogens (tertiary/aromatic N) is 1. The summed E-state index contributed by atoms with van der Waals surface area (Å²) in [5, 5.41) is 0. The van der Waals surface area contributed by atoms with E-state index in [0.717, 1.165) is 38.2 Å². The summed E-state index contributed by atoms with van der Waals surface area (Å²) < 4.78 is 5.55. The number of hydrogen-bond acceptors (Lipinski definition) is 2. The van der Waals surface area contributed by atoms with Crippen molar-refractivity contribution in [1.82, 2.24) is 4.98 Å². The quantitative estimate of drug-likeness (QED) is 0.779. The second-order valence-corrected chi connectivity index (χ2v) is 5.06. The molecule has 88 valence electrons. The number of rotatable bonds is 3. The summed E-state index contributed by atoms with van der Waals surface area (Å²) in [6.07, 6.45) is 3.35. The summed E-state index contributed by atoms with van der Waals surface area (Å²) in [5.41, 5.74) is 3.98. The van der Waals surface area contributed by atoms with E-state index in [1.165, 1.54) is 11.3 Å². The molecule has 0 unspecified atom stereocenters. The molecule has 16 heavy (non-hydrogen) atoms. The van der Waals surface area contributed by atoms with Gasteiger partial charge >= 0.3 is 0 Å². The Morgan fingerprint density at radius 1 is 1.44 bits per heavy atom. The van der Waals surface area contributed by atoms with Gasteiger partial charge < -0.3 is 4.74 Å². The molecule has 2 heterocycles. The zero-order valence-electron chi connectivity index (χ0n) is 10.5. The summed E-state index contributed by atoms with van der Waals surface area (Å²) in [4.78, 5) is 4.70. The van der Waals surface area contributed by atoms with Gasteiger partial charge in [0.25, 0.3) is 0 Å². The van der Waals surface area contributed by atoms with Gasteiger partial charge in [-0.15, -0.1) is 0 Å². The SMILES string of the molecule is CCCc1nc(C)ccc1[C@@]1(C)CCOC1. The fourth-order valence-electron chi connectivity index (χ4n) is 2.47. The molecule has 1 aromatic heterocycles. The first-order valence-electron chi connectivity index (χ1n) is 6.20. The minimum absolute atomic E-state index is 0.186. The number of aromatic nitrogens is 1. The van der Waals surface area contributed by atoms with Crippen LogP contribution in [0.5, 0.6) is 0 Å². The minimum Gasteiger partial charge on any atom is -0.380 e. The summed E-state index contributed by atoms with van der Waals surface area (Å²) in [5.74, 6) is 0. The van der Waals surface area contributed by atoms with Crippen molar-refractivity contribution < 1.29 is 4.74 Å². The highest BCUT2D eigenvalue weighted by Crippen LogP contribution is 2.34. The van der Waals surface area contributed by atoms with Gasteiger partial charge in [-0.05, 0) is 31.4 Å². The van der Waals surface area contributed by atoms with Crippen LogP contribution in [0.1, 0.15) is 43.6 Å². The highest BCUT2D eigenvalue weighted by atomic mass is 16.5. The van der Waals surface area contributed by atoms with E-state index in [2.05, 4.69) is 32.9 Å². The lowest BCUT2D eigenvalue weighted by atomic mass is 9.80. The third-order valence-corrected chi connectivity index (χ3v) is 3.47. The maximum atomic E-state index is 5.55. The molecule has 0 bridgehead atoms. The van der Waals surface area contributed by atoms with Gasteiger partial charge in [-0.1, -0.05) is 26.3 Å². The van der Waals surface area contributed by atoms with E-state index in [0.29, 0.717) is 0 Å².